The Labute approximate surface area is 173 Å². The van der Waals surface area contributed by atoms with E-state index in [4.69, 9.17) is 15.9 Å². The van der Waals surface area contributed by atoms with Gasteiger partial charge in [0.15, 0.2) is 5.76 Å². The van der Waals surface area contributed by atoms with E-state index in [0.29, 0.717) is 11.3 Å². The standard InChI is InChI=1S/C18H21F2N3O3S.C2H6/c1-18(8-27-9-18)23-16(24)11-6-13(21)15(25-7-11)14(22)10-3-2-4-12(5-10)26-17(19)20;1-2/h2-5,11,17,22H,6-9,21H2,1H3,(H,23,24);1-2H3. The summed E-state index contributed by atoms with van der Waals surface area (Å²) in [7, 11) is 0. The van der Waals surface area contributed by atoms with E-state index < -0.39 is 12.5 Å². The largest absolute Gasteiger partial charge is 0.489 e. The van der Waals surface area contributed by atoms with Gasteiger partial charge in [-0.15, -0.1) is 0 Å². The summed E-state index contributed by atoms with van der Waals surface area (Å²) >= 11 is 1.77. The molecular formula is C20H27F2N3O3S. The molecule has 2 aliphatic heterocycles. The highest BCUT2D eigenvalue weighted by atomic mass is 32.2. The van der Waals surface area contributed by atoms with E-state index in [9.17, 15) is 13.6 Å². The fourth-order valence-electron chi connectivity index (χ4n) is 2.93. The summed E-state index contributed by atoms with van der Waals surface area (Å²) in [6, 6.07) is 5.79. The zero-order valence-electron chi connectivity index (χ0n) is 16.8. The van der Waals surface area contributed by atoms with Crippen LogP contribution >= 0.6 is 11.8 Å². The predicted molar refractivity (Wildman–Crippen MR) is 110 cm³/mol. The number of nitrogens with one attached hydrogen (secondary N) is 2. The molecule has 0 spiro atoms. The Hall–Kier alpha value is -2.29. The van der Waals surface area contributed by atoms with Gasteiger partial charge in [-0.2, -0.15) is 20.5 Å². The Morgan fingerprint density at radius 3 is 2.66 bits per heavy atom. The van der Waals surface area contributed by atoms with Crippen LogP contribution in [0, 0.1) is 11.3 Å². The SMILES string of the molecule is CC.CC1(NC(=O)C2COC(C(=N)c3cccc(OC(F)F)c3)=C(N)C2)CSC1. The maximum absolute atomic E-state index is 12.4. The number of carbonyl (C=O) groups excluding carboxylic acids is 1. The Morgan fingerprint density at radius 2 is 2.10 bits per heavy atom. The van der Waals surface area contributed by atoms with Gasteiger partial charge in [-0.1, -0.05) is 26.0 Å². The molecule has 1 unspecified atom stereocenters. The number of amides is 1. The molecule has 0 aromatic heterocycles. The summed E-state index contributed by atoms with van der Waals surface area (Å²) in [5.41, 5.74) is 6.47. The van der Waals surface area contributed by atoms with Crippen molar-refractivity contribution in [1.82, 2.24) is 5.32 Å². The first-order valence-corrected chi connectivity index (χ1v) is 10.6. The summed E-state index contributed by atoms with van der Waals surface area (Å²) in [6.07, 6.45) is 0.278. The highest BCUT2D eigenvalue weighted by Gasteiger charge is 2.37. The van der Waals surface area contributed by atoms with E-state index in [2.05, 4.69) is 10.1 Å². The molecule has 6 nitrogen and oxygen atoms in total. The van der Waals surface area contributed by atoms with Crippen LogP contribution in [-0.2, 0) is 9.53 Å². The van der Waals surface area contributed by atoms with Crippen molar-refractivity contribution in [3.63, 3.8) is 0 Å². The predicted octanol–water partition coefficient (Wildman–Crippen LogP) is 3.51. The van der Waals surface area contributed by atoms with Crippen LogP contribution in [0.3, 0.4) is 0 Å². The second-order valence-corrected chi connectivity index (χ2v) is 7.88. The Kier molecular flexibility index (Phi) is 7.89. The van der Waals surface area contributed by atoms with Crippen molar-refractivity contribution in [1.29, 1.82) is 5.41 Å². The average molecular weight is 428 g/mol. The maximum Gasteiger partial charge on any atom is 0.387 e. The molecule has 2 heterocycles. The van der Waals surface area contributed by atoms with Gasteiger partial charge in [0.1, 0.15) is 18.1 Å². The molecular weight excluding hydrogens is 400 g/mol. The first-order chi connectivity index (χ1) is 13.8. The monoisotopic (exact) mass is 427 g/mol. The van der Waals surface area contributed by atoms with E-state index >= 15 is 0 Å². The van der Waals surface area contributed by atoms with Crippen molar-refractivity contribution in [2.45, 2.75) is 39.3 Å². The third-order valence-corrected chi connectivity index (χ3v) is 6.08. The van der Waals surface area contributed by atoms with Crippen LogP contribution in [-0.4, -0.2) is 41.9 Å². The number of halogens is 2. The number of nitrogens with two attached hydrogens (primary N) is 1. The van der Waals surface area contributed by atoms with Gasteiger partial charge in [0.2, 0.25) is 5.91 Å². The Morgan fingerprint density at radius 1 is 1.41 bits per heavy atom. The Bertz CT molecular complexity index is 782. The van der Waals surface area contributed by atoms with Crippen molar-refractivity contribution in [3.8, 4) is 5.75 Å². The lowest BCUT2D eigenvalue weighted by molar-refractivity contribution is -0.128. The number of hydrogen-bond donors (Lipinski definition) is 3. The lowest BCUT2D eigenvalue weighted by Crippen LogP contribution is -2.57. The molecule has 1 aromatic rings. The van der Waals surface area contributed by atoms with Crippen molar-refractivity contribution < 1.29 is 23.0 Å². The normalized spacial score (nSPS) is 20.0. The van der Waals surface area contributed by atoms with E-state index in [0.717, 1.165) is 11.5 Å². The van der Waals surface area contributed by atoms with Crippen LogP contribution in [0.25, 0.3) is 0 Å². The first kappa shape index (κ1) is 23.0. The van der Waals surface area contributed by atoms with E-state index in [1.807, 2.05) is 20.8 Å². The van der Waals surface area contributed by atoms with Gasteiger partial charge in [-0.3, -0.25) is 10.2 Å². The van der Waals surface area contributed by atoms with Gasteiger partial charge in [-0.05, 0) is 19.1 Å². The highest BCUT2D eigenvalue weighted by Crippen LogP contribution is 2.30. The van der Waals surface area contributed by atoms with Crippen molar-refractivity contribution in [3.05, 3.63) is 41.3 Å². The molecule has 160 valence electrons. The van der Waals surface area contributed by atoms with Gasteiger partial charge in [0, 0.05) is 23.5 Å². The third kappa shape index (κ3) is 5.85. The number of alkyl halides is 2. The second kappa shape index (κ2) is 9.96. The average Bonchev–Trinajstić information content (AvgIpc) is 2.67. The summed E-state index contributed by atoms with van der Waals surface area (Å²) in [6.45, 7) is 3.17. The minimum absolute atomic E-state index is 0.0339. The molecule has 3 rings (SSSR count). The van der Waals surface area contributed by atoms with Crippen molar-refractivity contribution >= 4 is 23.4 Å². The van der Waals surface area contributed by atoms with Gasteiger partial charge < -0.3 is 20.5 Å². The molecule has 1 atom stereocenters. The number of carbonyl (C=O) groups is 1. The van der Waals surface area contributed by atoms with Crippen LogP contribution in [0.15, 0.2) is 35.7 Å². The van der Waals surface area contributed by atoms with Gasteiger partial charge in [-0.25, -0.2) is 0 Å². The minimum atomic E-state index is -2.94. The quantitative estimate of drug-likeness (QED) is 0.604. The molecule has 1 fully saturated rings. The molecule has 0 bridgehead atoms. The number of thioether (sulfide) groups is 1. The third-order valence-electron chi connectivity index (χ3n) is 4.40. The topological polar surface area (TPSA) is 97.4 Å². The summed E-state index contributed by atoms with van der Waals surface area (Å²) in [5, 5.41) is 11.3. The number of hydrogen-bond acceptors (Lipinski definition) is 6. The zero-order chi connectivity index (χ0) is 21.6. The smallest absolute Gasteiger partial charge is 0.387 e. The summed E-state index contributed by atoms with van der Waals surface area (Å²) < 4.78 is 34.7. The van der Waals surface area contributed by atoms with E-state index in [1.165, 1.54) is 18.2 Å². The lowest BCUT2D eigenvalue weighted by Gasteiger charge is -2.39. The minimum Gasteiger partial charge on any atom is -0.489 e. The van der Waals surface area contributed by atoms with Crippen LogP contribution in [0.2, 0.25) is 0 Å². The van der Waals surface area contributed by atoms with Crippen LogP contribution in [0.4, 0.5) is 8.78 Å². The number of allylic oxidation sites excluding steroid dienone is 2. The number of ether oxygens (including phenoxy) is 2. The van der Waals surface area contributed by atoms with Crippen LogP contribution in [0.1, 0.15) is 32.8 Å². The first-order valence-electron chi connectivity index (χ1n) is 9.43. The van der Waals surface area contributed by atoms with Crippen molar-refractivity contribution in [2.24, 2.45) is 11.7 Å². The highest BCUT2D eigenvalue weighted by molar-refractivity contribution is 8.00. The lowest BCUT2D eigenvalue weighted by atomic mass is 9.96. The molecule has 1 amide bonds. The molecule has 4 N–H and O–H groups in total. The van der Waals surface area contributed by atoms with Crippen LogP contribution < -0.4 is 15.8 Å². The Balaban J connectivity index is 0.00000145. The number of benzene rings is 1. The van der Waals surface area contributed by atoms with Crippen molar-refractivity contribution in [2.75, 3.05) is 18.1 Å². The van der Waals surface area contributed by atoms with Crippen LogP contribution in [0.5, 0.6) is 5.75 Å². The fraction of sp³-hybridized carbons (Fsp3) is 0.500. The molecule has 0 radical (unpaired) electrons. The fourth-order valence-corrected chi connectivity index (χ4v) is 3.89. The molecule has 29 heavy (non-hydrogen) atoms. The van der Waals surface area contributed by atoms with Gasteiger partial charge in [0.05, 0.1) is 17.2 Å². The molecule has 0 saturated carbocycles. The maximum atomic E-state index is 12.4. The summed E-state index contributed by atoms with van der Waals surface area (Å²) in [5.74, 6) is 1.34. The zero-order valence-corrected chi connectivity index (χ0v) is 17.6. The van der Waals surface area contributed by atoms with Gasteiger partial charge >= 0.3 is 6.61 Å². The molecule has 1 saturated heterocycles. The van der Waals surface area contributed by atoms with E-state index in [1.54, 1.807) is 17.8 Å². The summed E-state index contributed by atoms with van der Waals surface area (Å²) in [4.78, 5) is 12.4. The van der Waals surface area contributed by atoms with E-state index in [-0.39, 0.29) is 41.7 Å². The molecule has 9 heteroatoms. The van der Waals surface area contributed by atoms with Gasteiger partial charge in [0.25, 0.3) is 0 Å². The number of rotatable bonds is 6. The molecule has 1 aromatic carbocycles. The second-order valence-electron chi connectivity index (χ2n) is 6.89. The molecule has 2 aliphatic rings. The molecule has 0 aliphatic carbocycles.